The Hall–Kier alpha value is -0.390. The first-order valence-electron chi connectivity index (χ1n) is 5.76. The molecule has 0 aliphatic carbocycles. The molecule has 0 heterocycles. The Morgan fingerprint density at radius 2 is 2.06 bits per heavy atom. The number of hydrogen-bond acceptors (Lipinski definition) is 4. The van der Waals surface area contributed by atoms with Gasteiger partial charge in [0.05, 0.1) is 14.2 Å². The summed E-state index contributed by atoms with van der Waals surface area (Å²) in [6, 6.07) is 4.31. The van der Waals surface area contributed by atoms with Crippen molar-refractivity contribution in [3.8, 4) is 11.5 Å². The van der Waals surface area contributed by atoms with Gasteiger partial charge in [0, 0.05) is 11.6 Å². The number of hydrogen-bond donors (Lipinski definition) is 1. The second-order valence-electron chi connectivity index (χ2n) is 3.83. The van der Waals surface area contributed by atoms with E-state index < -0.39 is 0 Å². The Kier molecular flexibility index (Phi) is 6.89. The van der Waals surface area contributed by atoms with Gasteiger partial charge in [-0.15, -0.1) is 0 Å². The molecule has 0 saturated carbocycles. The Bertz CT molecular complexity index is 387. The van der Waals surface area contributed by atoms with E-state index in [1.807, 2.05) is 24.9 Å². The second-order valence-corrected chi connectivity index (χ2v) is 5.61. The molecule has 0 bridgehead atoms. The van der Waals surface area contributed by atoms with Crippen LogP contribution in [0, 0.1) is 0 Å². The number of thioether (sulfide) groups is 1. The third-order valence-electron chi connectivity index (χ3n) is 2.85. The zero-order chi connectivity index (χ0) is 13.5. The van der Waals surface area contributed by atoms with Gasteiger partial charge in [-0.2, -0.15) is 11.8 Å². The molecule has 0 radical (unpaired) electrons. The summed E-state index contributed by atoms with van der Waals surface area (Å²) in [5.74, 6) is 2.74. The van der Waals surface area contributed by atoms with Crippen molar-refractivity contribution in [3.63, 3.8) is 0 Å². The van der Waals surface area contributed by atoms with Gasteiger partial charge in [-0.3, -0.25) is 0 Å². The first kappa shape index (κ1) is 15.7. The van der Waals surface area contributed by atoms with Crippen LogP contribution in [0.25, 0.3) is 0 Å². The van der Waals surface area contributed by atoms with E-state index in [4.69, 9.17) is 9.47 Å². The first-order chi connectivity index (χ1) is 8.69. The molecule has 3 nitrogen and oxygen atoms in total. The van der Waals surface area contributed by atoms with Crippen molar-refractivity contribution in [3.05, 3.63) is 22.2 Å². The summed E-state index contributed by atoms with van der Waals surface area (Å²) in [5, 5.41) is 3.34. The Morgan fingerprint density at radius 3 is 2.56 bits per heavy atom. The maximum absolute atomic E-state index is 5.51. The number of halogens is 1. The highest BCUT2D eigenvalue weighted by molar-refractivity contribution is 9.10. The molecule has 0 aliphatic heterocycles. The molecule has 5 heteroatoms. The van der Waals surface area contributed by atoms with E-state index in [2.05, 4.69) is 33.6 Å². The van der Waals surface area contributed by atoms with Gasteiger partial charge in [0.15, 0.2) is 0 Å². The second kappa shape index (κ2) is 7.92. The lowest BCUT2D eigenvalue weighted by Gasteiger charge is -2.21. The monoisotopic (exact) mass is 333 g/mol. The predicted octanol–water partition coefficient (Wildman–Crippen LogP) is 3.48. The van der Waals surface area contributed by atoms with Crippen molar-refractivity contribution in [1.82, 2.24) is 5.32 Å². The third kappa shape index (κ3) is 3.56. The Labute approximate surface area is 122 Å². The normalized spacial score (nSPS) is 12.3. The number of ether oxygens (including phenoxy) is 2. The predicted molar refractivity (Wildman–Crippen MR) is 82.0 cm³/mol. The summed E-state index contributed by atoms with van der Waals surface area (Å²) in [7, 11) is 5.31. The van der Waals surface area contributed by atoms with Gasteiger partial charge in [0.1, 0.15) is 16.0 Å². The van der Waals surface area contributed by atoms with Crippen molar-refractivity contribution in [2.24, 2.45) is 0 Å². The largest absolute Gasteiger partial charge is 0.495 e. The number of nitrogens with one attached hydrogen (secondary N) is 1. The Balaban J connectivity index is 3.10. The highest BCUT2D eigenvalue weighted by Gasteiger charge is 2.18. The van der Waals surface area contributed by atoms with Crippen LogP contribution >= 0.6 is 27.7 Å². The van der Waals surface area contributed by atoms with Crippen LogP contribution in [-0.4, -0.2) is 33.3 Å². The molecule has 1 atom stereocenters. The fourth-order valence-electron chi connectivity index (χ4n) is 1.88. The summed E-state index contributed by atoms with van der Waals surface area (Å²) in [5.41, 5.74) is 1.15. The van der Waals surface area contributed by atoms with Gasteiger partial charge in [-0.05, 0) is 53.5 Å². The zero-order valence-corrected chi connectivity index (χ0v) is 13.7. The molecule has 1 N–H and O–H groups in total. The van der Waals surface area contributed by atoms with Crippen LogP contribution in [0.15, 0.2) is 16.6 Å². The molecule has 0 aliphatic rings. The summed E-state index contributed by atoms with van der Waals surface area (Å²) < 4.78 is 11.7. The minimum Gasteiger partial charge on any atom is -0.495 e. The van der Waals surface area contributed by atoms with Gasteiger partial charge in [0.25, 0.3) is 0 Å². The maximum atomic E-state index is 5.51. The van der Waals surface area contributed by atoms with Crippen molar-refractivity contribution < 1.29 is 9.47 Å². The molecule has 1 aromatic carbocycles. The molecule has 1 rings (SSSR count). The minimum absolute atomic E-state index is 0.287. The topological polar surface area (TPSA) is 30.5 Å². The molecule has 0 fully saturated rings. The van der Waals surface area contributed by atoms with Gasteiger partial charge in [0.2, 0.25) is 0 Å². The van der Waals surface area contributed by atoms with Crippen molar-refractivity contribution in [2.75, 3.05) is 33.3 Å². The molecule has 0 aromatic heterocycles. The lowest BCUT2D eigenvalue weighted by atomic mass is 10.0. The lowest BCUT2D eigenvalue weighted by Crippen LogP contribution is -2.18. The van der Waals surface area contributed by atoms with Gasteiger partial charge < -0.3 is 14.8 Å². The molecule has 102 valence electrons. The van der Waals surface area contributed by atoms with Crippen LogP contribution in [0.1, 0.15) is 18.0 Å². The quantitative estimate of drug-likeness (QED) is 0.827. The fourth-order valence-corrected chi connectivity index (χ4v) is 3.04. The molecule has 1 aromatic rings. The smallest absolute Gasteiger partial charge is 0.141 e. The van der Waals surface area contributed by atoms with E-state index in [1.165, 1.54) is 0 Å². The average molecular weight is 334 g/mol. The van der Waals surface area contributed by atoms with Crippen molar-refractivity contribution >= 4 is 27.7 Å². The summed E-state index contributed by atoms with van der Waals surface area (Å²) in [6.45, 7) is 0. The van der Waals surface area contributed by atoms with E-state index >= 15 is 0 Å². The van der Waals surface area contributed by atoms with Crippen LogP contribution in [0.3, 0.4) is 0 Å². The third-order valence-corrected chi connectivity index (χ3v) is 4.25. The summed E-state index contributed by atoms with van der Waals surface area (Å²) in [4.78, 5) is 0. The maximum Gasteiger partial charge on any atom is 0.141 e. The number of methoxy groups -OCH3 is 2. The van der Waals surface area contributed by atoms with Gasteiger partial charge in [-0.25, -0.2) is 0 Å². The SMILES string of the molecule is CNC(CCSC)c1ccc(OC)c(Br)c1OC. The molecular weight excluding hydrogens is 314 g/mol. The number of benzene rings is 1. The average Bonchev–Trinajstić information content (AvgIpc) is 2.40. The van der Waals surface area contributed by atoms with Gasteiger partial charge in [-0.1, -0.05) is 0 Å². The molecule has 1 unspecified atom stereocenters. The van der Waals surface area contributed by atoms with E-state index in [0.717, 1.165) is 33.7 Å². The van der Waals surface area contributed by atoms with Crippen LogP contribution < -0.4 is 14.8 Å². The highest BCUT2D eigenvalue weighted by Crippen LogP contribution is 2.40. The van der Waals surface area contributed by atoms with E-state index in [-0.39, 0.29) is 6.04 Å². The molecule has 0 amide bonds. The standard InChI is InChI=1S/C13H20BrNO2S/c1-15-10(7-8-18-4)9-5-6-11(16-2)12(14)13(9)17-3/h5-6,10,15H,7-8H2,1-4H3. The molecule has 0 saturated heterocycles. The van der Waals surface area contributed by atoms with Crippen molar-refractivity contribution in [1.29, 1.82) is 0 Å². The summed E-state index contributed by atoms with van der Waals surface area (Å²) >= 11 is 5.38. The highest BCUT2D eigenvalue weighted by atomic mass is 79.9. The van der Waals surface area contributed by atoms with Crippen LogP contribution in [-0.2, 0) is 0 Å². The van der Waals surface area contributed by atoms with Crippen LogP contribution in [0.5, 0.6) is 11.5 Å². The lowest BCUT2D eigenvalue weighted by molar-refractivity contribution is 0.380. The van der Waals surface area contributed by atoms with Crippen molar-refractivity contribution in [2.45, 2.75) is 12.5 Å². The fraction of sp³-hybridized carbons (Fsp3) is 0.538. The van der Waals surface area contributed by atoms with E-state index in [9.17, 15) is 0 Å². The number of rotatable bonds is 7. The van der Waals surface area contributed by atoms with E-state index in [1.54, 1.807) is 14.2 Å². The molecule has 18 heavy (non-hydrogen) atoms. The van der Waals surface area contributed by atoms with E-state index in [0.29, 0.717) is 0 Å². The summed E-state index contributed by atoms with van der Waals surface area (Å²) in [6.07, 6.45) is 3.18. The minimum atomic E-state index is 0.287. The molecule has 0 spiro atoms. The van der Waals surface area contributed by atoms with Crippen LogP contribution in [0.4, 0.5) is 0 Å². The first-order valence-corrected chi connectivity index (χ1v) is 7.94. The Morgan fingerprint density at radius 1 is 1.33 bits per heavy atom. The zero-order valence-electron chi connectivity index (χ0n) is 11.2. The van der Waals surface area contributed by atoms with Gasteiger partial charge >= 0.3 is 0 Å². The molecular formula is C13H20BrNO2S. The van der Waals surface area contributed by atoms with Crippen LogP contribution in [0.2, 0.25) is 0 Å².